The van der Waals surface area contributed by atoms with E-state index < -0.39 is 11.5 Å². The summed E-state index contributed by atoms with van der Waals surface area (Å²) in [5, 5.41) is 3.33. The molecule has 2 amide bonds. The van der Waals surface area contributed by atoms with E-state index >= 15 is 0 Å². The van der Waals surface area contributed by atoms with Crippen LogP contribution in [0.3, 0.4) is 0 Å². The number of amides is 2. The van der Waals surface area contributed by atoms with E-state index in [1.165, 1.54) is 6.07 Å². The highest BCUT2D eigenvalue weighted by Gasteiger charge is 2.15. The van der Waals surface area contributed by atoms with Gasteiger partial charge in [0, 0.05) is 29.7 Å². The van der Waals surface area contributed by atoms with Crippen molar-refractivity contribution in [1.82, 2.24) is 4.90 Å². The molecule has 0 aliphatic heterocycles. The fourth-order valence-corrected chi connectivity index (χ4v) is 2.81. The number of nitrogens with one attached hydrogen (secondary N) is 1. The Bertz CT molecular complexity index is 1030. The minimum atomic E-state index is -0.695. The van der Waals surface area contributed by atoms with Gasteiger partial charge in [0.05, 0.1) is 0 Å². The Balaban J connectivity index is 1.79. The smallest absolute Gasteiger partial charge is 0.349 e. The first kappa shape index (κ1) is 18.4. The molecule has 0 aliphatic rings. The second-order valence-electron chi connectivity index (χ2n) is 5.99. The van der Waals surface area contributed by atoms with E-state index in [9.17, 15) is 14.4 Å². The molecule has 0 spiro atoms. The Hall–Kier alpha value is -3.41. The van der Waals surface area contributed by atoms with Gasteiger partial charge in [-0.1, -0.05) is 18.2 Å². The lowest BCUT2D eigenvalue weighted by molar-refractivity contribution is 0.0773. The number of rotatable bonds is 5. The molecule has 0 saturated carbocycles. The largest absolute Gasteiger partial charge is 0.422 e. The van der Waals surface area contributed by atoms with Crippen LogP contribution in [0, 0.1) is 0 Å². The van der Waals surface area contributed by atoms with Gasteiger partial charge in [-0.25, -0.2) is 4.79 Å². The van der Waals surface area contributed by atoms with Gasteiger partial charge in [0.15, 0.2) is 0 Å². The highest BCUT2D eigenvalue weighted by Crippen LogP contribution is 2.15. The average Bonchev–Trinajstić information content (AvgIpc) is 2.68. The van der Waals surface area contributed by atoms with Gasteiger partial charge in [0.25, 0.3) is 11.8 Å². The molecule has 0 unspecified atom stereocenters. The maximum atomic E-state index is 12.5. The van der Waals surface area contributed by atoms with Crippen LogP contribution in [0.5, 0.6) is 0 Å². The standard InChI is InChI=1S/C21H20N2O4/c1-3-23(4-2)20(25)14-9-11-16(12-10-14)22-19(24)17-13-15-7-5-6-8-18(15)27-21(17)26/h5-13H,3-4H2,1-2H3,(H,22,24). The third kappa shape index (κ3) is 3.89. The number of fused-ring (bicyclic) bond motifs is 1. The van der Waals surface area contributed by atoms with Crippen molar-refractivity contribution < 1.29 is 14.0 Å². The first-order chi connectivity index (χ1) is 13.0. The van der Waals surface area contributed by atoms with Crippen LogP contribution in [0.15, 0.2) is 63.8 Å². The SMILES string of the molecule is CCN(CC)C(=O)c1ccc(NC(=O)c2cc3ccccc3oc2=O)cc1. The Morgan fingerprint density at radius 1 is 1.00 bits per heavy atom. The van der Waals surface area contributed by atoms with E-state index in [4.69, 9.17) is 4.42 Å². The van der Waals surface area contributed by atoms with Crippen molar-refractivity contribution in [2.45, 2.75) is 13.8 Å². The number of benzene rings is 2. The molecule has 1 N–H and O–H groups in total. The predicted octanol–water partition coefficient (Wildman–Crippen LogP) is 3.53. The lowest BCUT2D eigenvalue weighted by atomic mass is 10.1. The maximum Gasteiger partial charge on any atom is 0.349 e. The van der Waals surface area contributed by atoms with Gasteiger partial charge in [-0.3, -0.25) is 9.59 Å². The molecule has 6 heteroatoms. The summed E-state index contributed by atoms with van der Waals surface area (Å²) in [6.07, 6.45) is 0. The van der Waals surface area contributed by atoms with Crippen molar-refractivity contribution in [1.29, 1.82) is 0 Å². The van der Waals surface area contributed by atoms with Gasteiger partial charge in [0.2, 0.25) is 0 Å². The fourth-order valence-electron chi connectivity index (χ4n) is 2.81. The number of hydrogen-bond acceptors (Lipinski definition) is 4. The first-order valence-corrected chi connectivity index (χ1v) is 8.77. The molecular weight excluding hydrogens is 344 g/mol. The quantitative estimate of drug-likeness (QED) is 0.703. The lowest BCUT2D eigenvalue weighted by Crippen LogP contribution is -2.30. The van der Waals surface area contributed by atoms with Gasteiger partial charge in [0.1, 0.15) is 11.1 Å². The third-order valence-electron chi connectivity index (χ3n) is 4.33. The first-order valence-electron chi connectivity index (χ1n) is 8.77. The fraction of sp³-hybridized carbons (Fsp3) is 0.190. The molecule has 0 aliphatic carbocycles. The van der Waals surface area contributed by atoms with Gasteiger partial charge in [-0.05, 0) is 50.2 Å². The number of carbonyl (C=O) groups excluding carboxylic acids is 2. The van der Waals surface area contributed by atoms with Crippen molar-refractivity contribution in [2.75, 3.05) is 18.4 Å². The van der Waals surface area contributed by atoms with Crippen molar-refractivity contribution in [3.05, 3.63) is 76.1 Å². The Labute approximate surface area is 156 Å². The second-order valence-corrected chi connectivity index (χ2v) is 5.99. The van der Waals surface area contributed by atoms with Gasteiger partial charge in [-0.2, -0.15) is 0 Å². The van der Waals surface area contributed by atoms with Crippen LogP contribution in [0.1, 0.15) is 34.6 Å². The number of carbonyl (C=O) groups is 2. The molecule has 0 bridgehead atoms. The van der Waals surface area contributed by atoms with Crippen molar-refractivity contribution in [3.63, 3.8) is 0 Å². The molecular formula is C21H20N2O4. The molecule has 0 fully saturated rings. The topological polar surface area (TPSA) is 79.6 Å². The lowest BCUT2D eigenvalue weighted by Gasteiger charge is -2.18. The molecule has 0 radical (unpaired) electrons. The average molecular weight is 364 g/mol. The van der Waals surface area contributed by atoms with E-state index in [2.05, 4.69) is 5.32 Å². The highest BCUT2D eigenvalue weighted by atomic mass is 16.4. The number of para-hydroxylation sites is 1. The number of nitrogens with zero attached hydrogens (tertiary/aromatic N) is 1. The van der Waals surface area contributed by atoms with E-state index in [1.54, 1.807) is 53.4 Å². The number of anilines is 1. The monoisotopic (exact) mass is 364 g/mol. The molecule has 27 heavy (non-hydrogen) atoms. The zero-order valence-corrected chi connectivity index (χ0v) is 15.2. The summed E-state index contributed by atoms with van der Waals surface area (Å²) in [6.45, 7) is 5.10. The Kier molecular flexibility index (Phi) is 5.35. The van der Waals surface area contributed by atoms with Crippen LogP contribution in [-0.2, 0) is 0 Å². The molecule has 0 saturated heterocycles. The van der Waals surface area contributed by atoms with Crippen molar-refractivity contribution in [2.24, 2.45) is 0 Å². The van der Waals surface area contributed by atoms with Crippen LogP contribution >= 0.6 is 0 Å². The normalized spacial score (nSPS) is 10.6. The third-order valence-corrected chi connectivity index (χ3v) is 4.33. The minimum absolute atomic E-state index is 0.0620. The van der Waals surface area contributed by atoms with Gasteiger partial charge < -0.3 is 14.6 Å². The molecule has 6 nitrogen and oxygen atoms in total. The molecule has 138 valence electrons. The van der Waals surface area contributed by atoms with Crippen LogP contribution in [-0.4, -0.2) is 29.8 Å². The van der Waals surface area contributed by atoms with Gasteiger partial charge in [-0.15, -0.1) is 0 Å². The summed E-state index contributed by atoms with van der Waals surface area (Å²) in [6, 6.07) is 15.1. The number of hydrogen-bond donors (Lipinski definition) is 1. The molecule has 1 aromatic heterocycles. The Morgan fingerprint density at radius 3 is 2.33 bits per heavy atom. The Morgan fingerprint density at radius 2 is 1.67 bits per heavy atom. The van der Waals surface area contributed by atoms with Crippen LogP contribution < -0.4 is 10.9 Å². The maximum absolute atomic E-state index is 12.5. The second kappa shape index (κ2) is 7.86. The van der Waals surface area contributed by atoms with Crippen LogP contribution in [0.2, 0.25) is 0 Å². The molecule has 1 heterocycles. The molecule has 3 rings (SSSR count). The summed E-state index contributed by atoms with van der Waals surface area (Å²) >= 11 is 0. The zero-order valence-electron chi connectivity index (χ0n) is 15.2. The molecule has 2 aromatic carbocycles. The zero-order chi connectivity index (χ0) is 19.4. The van der Waals surface area contributed by atoms with E-state index in [1.807, 2.05) is 13.8 Å². The van der Waals surface area contributed by atoms with E-state index in [0.717, 1.165) is 0 Å². The highest BCUT2D eigenvalue weighted by molar-refractivity contribution is 6.05. The van der Waals surface area contributed by atoms with Crippen LogP contribution in [0.4, 0.5) is 5.69 Å². The van der Waals surface area contributed by atoms with E-state index in [-0.39, 0.29) is 11.5 Å². The van der Waals surface area contributed by atoms with Crippen molar-refractivity contribution >= 4 is 28.5 Å². The summed E-state index contributed by atoms with van der Waals surface area (Å²) in [4.78, 5) is 38.6. The van der Waals surface area contributed by atoms with Crippen LogP contribution in [0.25, 0.3) is 11.0 Å². The van der Waals surface area contributed by atoms with E-state index in [0.29, 0.717) is 35.3 Å². The summed E-state index contributed by atoms with van der Waals surface area (Å²) < 4.78 is 5.19. The predicted molar refractivity (Wildman–Crippen MR) is 104 cm³/mol. The minimum Gasteiger partial charge on any atom is -0.422 e. The van der Waals surface area contributed by atoms with Gasteiger partial charge >= 0.3 is 5.63 Å². The summed E-state index contributed by atoms with van der Waals surface area (Å²) in [7, 11) is 0. The van der Waals surface area contributed by atoms with Crippen molar-refractivity contribution in [3.8, 4) is 0 Å². The summed E-state index contributed by atoms with van der Waals surface area (Å²) in [5.41, 5.74) is 0.695. The summed E-state index contributed by atoms with van der Waals surface area (Å²) in [5.74, 6) is -0.620. The molecule has 0 atom stereocenters. The molecule has 3 aromatic rings.